The van der Waals surface area contributed by atoms with E-state index in [9.17, 15) is 9.59 Å². The van der Waals surface area contributed by atoms with Crippen LogP contribution in [0.4, 0.5) is 0 Å². The standard InChI is InChI=1S/C4H11N.C3H4O4/c1-2-3-4-5;4-2(5)1-3(6)7/h2-5H2,1H3;1H2,(H,4,5)(H,6,7). The lowest BCUT2D eigenvalue weighted by molar-refractivity contribution is -0.147. The number of rotatable bonds is 4. The Bertz CT molecular complexity index is 121. The fraction of sp³-hybridized carbons (Fsp3) is 0.714. The van der Waals surface area contributed by atoms with Gasteiger partial charge in [-0.15, -0.1) is 0 Å². The Labute approximate surface area is 71.2 Å². The first-order valence-electron chi connectivity index (χ1n) is 3.68. The van der Waals surface area contributed by atoms with Gasteiger partial charge in [-0.1, -0.05) is 13.3 Å². The van der Waals surface area contributed by atoms with Crippen molar-refractivity contribution < 1.29 is 19.8 Å². The molecule has 5 heteroatoms. The average molecular weight is 177 g/mol. The van der Waals surface area contributed by atoms with Crippen molar-refractivity contribution in [1.29, 1.82) is 0 Å². The smallest absolute Gasteiger partial charge is 0.314 e. The first-order chi connectivity index (χ1) is 5.54. The van der Waals surface area contributed by atoms with Gasteiger partial charge < -0.3 is 15.9 Å². The Hall–Kier alpha value is -1.10. The van der Waals surface area contributed by atoms with Crippen LogP contribution in [-0.2, 0) is 9.59 Å². The van der Waals surface area contributed by atoms with Gasteiger partial charge in [-0.05, 0) is 13.0 Å². The highest BCUT2D eigenvalue weighted by Crippen LogP contribution is 1.77. The van der Waals surface area contributed by atoms with Gasteiger partial charge in [0.15, 0.2) is 0 Å². The molecule has 0 atom stereocenters. The van der Waals surface area contributed by atoms with Crippen molar-refractivity contribution in [2.45, 2.75) is 26.2 Å². The van der Waals surface area contributed by atoms with Crippen molar-refractivity contribution in [3.05, 3.63) is 0 Å². The van der Waals surface area contributed by atoms with Crippen LogP contribution in [0.1, 0.15) is 26.2 Å². The fourth-order valence-corrected chi connectivity index (χ4v) is 0.333. The van der Waals surface area contributed by atoms with E-state index in [1.807, 2.05) is 0 Å². The molecular weight excluding hydrogens is 162 g/mol. The maximum atomic E-state index is 9.43. The zero-order chi connectivity index (χ0) is 9.98. The lowest BCUT2D eigenvalue weighted by Gasteiger charge is -1.80. The average Bonchev–Trinajstić information content (AvgIpc) is 1.87. The van der Waals surface area contributed by atoms with E-state index in [-0.39, 0.29) is 0 Å². The summed E-state index contributed by atoms with van der Waals surface area (Å²) in [5.41, 5.74) is 5.14. The summed E-state index contributed by atoms with van der Waals surface area (Å²) in [6, 6.07) is 0. The largest absolute Gasteiger partial charge is 0.481 e. The molecule has 0 unspecified atom stereocenters. The molecule has 0 heterocycles. The highest BCUT2D eigenvalue weighted by Gasteiger charge is 2.01. The van der Waals surface area contributed by atoms with E-state index in [0.717, 1.165) is 6.54 Å². The van der Waals surface area contributed by atoms with Crippen molar-refractivity contribution in [2.24, 2.45) is 5.73 Å². The number of aliphatic carboxylic acids is 2. The number of carboxylic acid groups (broad SMARTS) is 2. The zero-order valence-corrected chi connectivity index (χ0v) is 7.12. The molecule has 0 aliphatic heterocycles. The van der Waals surface area contributed by atoms with Crippen molar-refractivity contribution in [3.8, 4) is 0 Å². The third-order valence-electron chi connectivity index (χ3n) is 0.860. The second kappa shape index (κ2) is 9.90. The van der Waals surface area contributed by atoms with Crippen molar-refractivity contribution in [1.82, 2.24) is 0 Å². The summed E-state index contributed by atoms with van der Waals surface area (Å²) in [6.45, 7) is 2.98. The molecule has 72 valence electrons. The Balaban J connectivity index is 0. The van der Waals surface area contributed by atoms with E-state index in [1.54, 1.807) is 0 Å². The van der Waals surface area contributed by atoms with Gasteiger partial charge in [-0.2, -0.15) is 0 Å². The van der Waals surface area contributed by atoms with E-state index in [2.05, 4.69) is 6.92 Å². The lowest BCUT2D eigenvalue weighted by Crippen LogP contribution is -2.03. The van der Waals surface area contributed by atoms with Gasteiger partial charge in [-0.25, -0.2) is 0 Å². The SMILES string of the molecule is CCCCN.O=C(O)CC(=O)O. The van der Waals surface area contributed by atoms with Crippen LogP contribution < -0.4 is 5.73 Å². The maximum Gasteiger partial charge on any atom is 0.314 e. The molecule has 0 aromatic carbocycles. The van der Waals surface area contributed by atoms with Crippen LogP contribution in [0.2, 0.25) is 0 Å². The molecule has 0 aromatic rings. The molecule has 0 bridgehead atoms. The zero-order valence-electron chi connectivity index (χ0n) is 7.12. The highest BCUT2D eigenvalue weighted by atomic mass is 16.4. The van der Waals surface area contributed by atoms with E-state index in [0.29, 0.717) is 0 Å². The molecule has 4 N–H and O–H groups in total. The number of hydrogen-bond donors (Lipinski definition) is 3. The van der Waals surface area contributed by atoms with Gasteiger partial charge in [0.1, 0.15) is 6.42 Å². The minimum Gasteiger partial charge on any atom is -0.481 e. The summed E-state index contributed by atoms with van der Waals surface area (Å²) >= 11 is 0. The van der Waals surface area contributed by atoms with E-state index < -0.39 is 18.4 Å². The highest BCUT2D eigenvalue weighted by molar-refractivity contribution is 5.88. The van der Waals surface area contributed by atoms with E-state index in [1.165, 1.54) is 12.8 Å². The molecule has 0 rings (SSSR count). The summed E-state index contributed by atoms with van der Waals surface area (Å²) in [5, 5.41) is 15.4. The number of carboxylic acids is 2. The Morgan fingerprint density at radius 3 is 1.67 bits per heavy atom. The minimum atomic E-state index is -1.31. The Morgan fingerprint density at radius 2 is 1.67 bits per heavy atom. The predicted molar refractivity (Wildman–Crippen MR) is 43.9 cm³/mol. The molecule has 12 heavy (non-hydrogen) atoms. The Kier molecular flexibility index (Phi) is 11.1. The molecule has 0 saturated carbocycles. The lowest BCUT2D eigenvalue weighted by atomic mass is 10.3. The van der Waals surface area contributed by atoms with Gasteiger partial charge >= 0.3 is 11.9 Å². The quantitative estimate of drug-likeness (QED) is 0.536. The van der Waals surface area contributed by atoms with Crippen molar-refractivity contribution in [3.63, 3.8) is 0 Å². The van der Waals surface area contributed by atoms with Gasteiger partial charge in [0.2, 0.25) is 0 Å². The van der Waals surface area contributed by atoms with Crippen LogP contribution in [0.5, 0.6) is 0 Å². The second-order valence-corrected chi connectivity index (χ2v) is 2.11. The minimum absolute atomic E-state index is 0.806. The molecular formula is C7H15NO4. The van der Waals surface area contributed by atoms with Crippen LogP contribution in [0.15, 0.2) is 0 Å². The van der Waals surface area contributed by atoms with Crippen LogP contribution >= 0.6 is 0 Å². The summed E-state index contributed by atoms with van der Waals surface area (Å²) in [7, 11) is 0. The van der Waals surface area contributed by atoms with Crippen molar-refractivity contribution >= 4 is 11.9 Å². The topological polar surface area (TPSA) is 101 Å². The normalized spacial score (nSPS) is 8.17. The molecule has 0 aliphatic carbocycles. The molecule has 0 saturated heterocycles. The molecule has 5 nitrogen and oxygen atoms in total. The number of hydrogen-bond acceptors (Lipinski definition) is 3. The molecule has 0 aliphatic rings. The summed E-state index contributed by atoms with van der Waals surface area (Å²) in [5.74, 6) is -2.62. The molecule has 0 fully saturated rings. The van der Waals surface area contributed by atoms with Gasteiger partial charge in [0.05, 0.1) is 0 Å². The van der Waals surface area contributed by atoms with Crippen LogP contribution in [0.3, 0.4) is 0 Å². The van der Waals surface area contributed by atoms with Crippen LogP contribution in [0.25, 0.3) is 0 Å². The molecule has 0 aromatic heterocycles. The first-order valence-corrected chi connectivity index (χ1v) is 3.68. The van der Waals surface area contributed by atoms with Crippen LogP contribution in [0, 0.1) is 0 Å². The number of unbranched alkanes of at least 4 members (excludes halogenated alkanes) is 1. The van der Waals surface area contributed by atoms with Crippen molar-refractivity contribution in [2.75, 3.05) is 6.54 Å². The monoisotopic (exact) mass is 177 g/mol. The maximum absolute atomic E-state index is 9.43. The Morgan fingerprint density at radius 1 is 1.25 bits per heavy atom. The molecule has 0 amide bonds. The van der Waals surface area contributed by atoms with Gasteiger partial charge in [0.25, 0.3) is 0 Å². The first kappa shape index (κ1) is 13.5. The number of carbonyl (C=O) groups is 2. The van der Waals surface area contributed by atoms with E-state index >= 15 is 0 Å². The van der Waals surface area contributed by atoms with Crippen LogP contribution in [-0.4, -0.2) is 28.7 Å². The van der Waals surface area contributed by atoms with Gasteiger partial charge in [0, 0.05) is 0 Å². The van der Waals surface area contributed by atoms with Gasteiger partial charge in [-0.3, -0.25) is 9.59 Å². The third-order valence-corrected chi connectivity index (χ3v) is 0.860. The molecule has 0 radical (unpaired) electrons. The predicted octanol–water partition coefficient (Wildman–Crippen LogP) is 0.291. The summed E-state index contributed by atoms with van der Waals surface area (Å²) in [6.07, 6.45) is 1.58. The summed E-state index contributed by atoms with van der Waals surface area (Å²) in [4.78, 5) is 18.9. The molecule has 0 spiro atoms. The second-order valence-electron chi connectivity index (χ2n) is 2.11. The van der Waals surface area contributed by atoms with E-state index in [4.69, 9.17) is 15.9 Å². The third kappa shape index (κ3) is 23.1. The fourth-order valence-electron chi connectivity index (χ4n) is 0.333. The summed E-state index contributed by atoms with van der Waals surface area (Å²) < 4.78 is 0. The number of nitrogens with two attached hydrogens (primary N) is 1.